The number of halogens is 1. The van der Waals surface area contributed by atoms with Crippen LogP contribution in [0, 0.1) is 0 Å². The van der Waals surface area contributed by atoms with Gasteiger partial charge in [0, 0.05) is 23.2 Å². The molecule has 2 aromatic carbocycles. The highest BCUT2D eigenvalue weighted by Crippen LogP contribution is 2.18. The van der Waals surface area contributed by atoms with Crippen LogP contribution in [0.15, 0.2) is 53.0 Å². The fourth-order valence-corrected chi connectivity index (χ4v) is 2.88. The average molecular weight is 448 g/mol. The van der Waals surface area contributed by atoms with E-state index < -0.39 is 0 Å². The van der Waals surface area contributed by atoms with Crippen LogP contribution in [0.3, 0.4) is 0 Å². The number of hydrogen-bond acceptors (Lipinski definition) is 4. The lowest BCUT2D eigenvalue weighted by atomic mass is 10.2. The second-order valence-corrected chi connectivity index (χ2v) is 7.04. The van der Waals surface area contributed by atoms with Gasteiger partial charge in [0.1, 0.15) is 5.75 Å². The Morgan fingerprint density at radius 3 is 2.39 bits per heavy atom. The van der Waals surface area contributed by atoms with E-state index in [-0.39, 0.29) is 18.4 Å². The first-order valence-electron chi connectivity index (χ1n) is 9.31. The van der Waals surface area contributed by atoms with Crippen LogP contribution in [-0.2, 0) is 4.79 Å². The Kier molecular flexibility index (Phi) is 8.97. The Balaban J connectivity index is 1.89. The van der Waals surface area contributed by atoms with Gasteiger partial charge in [-0.3, -0.25) is 9.59 Å². The molecule has 0 aliphatic heterocycles. The minimum absolute atomic E-state index is 0.181. The van der Waals surface area contributed by atoms with Gasteiger partial charge in [-0.2, -0.15) is 0 Å². The third kappa shape index (κ3) is 6.98. The zero-order chi connectivity index (χ0) is 20.4. The van der Waals surface area contributed by atoms with Gasteiger partial charge in [0.15, 0.2) is 6.61 Å². The molecule has 6 nitrogen and oxygen atoms in total. The molecule has 2 amide bonds. The topological polar surface area (TPSA) is 70.7 Å². The van der Waals surface area contributed by atoms with Crippen LogP contribution in [0.2, 0.25) is 0 Å². The van der Waals surface area contributed by atoms with Gasteiger partial charge in [-0.05, 0) is 49.5 Å². The highest BCUT2D eigenvalue weighted by Gasteiger charge is 2.13. The van der Waals surface area contributed by atoms with Crippen LogP contribution < -0.4 is 15.4 Å². The number of benzene rings is 2. The van der Waals surface area contributed by atoms with E-state index in [1.54, 1.807) is 36.4 Å². The average Bonchev–Trinajstić information content (AvgIpc) is 2.71. The summed E-state index contributed by atoms with van der Waals surface area (Å²) in [7, 11) is 0. The number of anilines is 1. The normalized spacial score (nSPS) is 10.6. The summed E-state index contributed by atoms with van der Waals surface area (Å²) in [6.07, 6.45) is 0. The standard InChI is InChI=1S/C21H26BrN3O3/c1-3-25(4-2)14-13-23-21(27)18-7-5-6-8-19(18)28-15-20(26)24-17-11-9-16(22)10-12-17/h5-12H,3-4,13-15H2,1-2H3,(H,23,27)(H,24,26). The molecular formula is C21H26BrN3O3. The number of hydrogen-bond donors (Lipinski definition) is 2. The summed E-state index contributed by atoms with van der Waals surface area (Å²) in [5, 5.41) is 5.66. The quantitative estimate of drug-likeness (QED) is 0.584. The maximum Gasteiger partial charge on any atom is 0.262 e. The van der Waals surface area contributed by atoms with Crippen molar-refractivity contribution in [3.8, 4) is 5.75 Å². The molecule has 0 atom stereocenters. The Labute approximate surface area is 174 Å². The largest absolute Gasteiger partial charge is 0.483 e. The molecule has 0 heterocycles. The van der Waals surface area contributed by atoms with Crippen molar-refractivity contribution in [3.05, 3.63) is 58.6 Å². The van der Waals surface area contributed by atoms with Gasteiger partial charge in [-0.15, -0.1) is 0 Å². The van der Waals surface area contributed by atoms with Crippen molar-refractivity contribution in [2.24, 2.45) is 0 Å². The predicted molar refractivity (Wildman–Crippen MR) is 115 cm³/mol. The summed E-state index contributed by atoms with van der Waals surface area (Å²) in [6, 6.07) is 14.2. The molecule has 0 unspecified atom stereocenters. The third-order valence-electron chi connectivity index (χ3n) is 4.23. The minimum Gasteiger partial charge on any atom is -0.483 e. The van der Waals surface area contributed by atoms with Crippen molar-refractivity contribution >= 4 is 33.4 Å². The molecule has 0 radical (unpaired) electrons. The van der Waals surface area contributed by atoms with E-state index in [1.165, 1.54) is 0 Å². The maximum absolute atomic E-state index is 12.5. The monoisotopic (exact) mass is 447 g/mol. The molecule has 0 aliphatic carbocycles. The summed E-state index contributed by atoms with van der Waals surface area (Å²) in [4.78, 5) is 26.8. The van der Waals surface area contributed by atoms with E-state index in [1.807, 2.05) is 12.1 Å². The zero-order valence-corrected chi connectivity index (χ0v) is 17.8. The van der Waals surface area contributed by atoms with Gasteiger partial charge in [0.25, 0.3) is 11.8 Å². The van der Waals surface area contributed by atoms with Gasteiger partial charge < -0.3 is 20.3 Å². The van der Waals surface area contributed by atoms with Crippen molar-refractivity contribution < 1.29 is 14.3 Å². The Bertz CT molecular complexity index is 777. The van der Waals surface area contributed by atoms with Crippen LogP contribution in [0.1, 0.15) is 24.2 Å². The number of carbonyl (C=O) groups is 2. The third-order valence-corrected chi connectivity index (χ3v) is 4.76. The number of ether oxygens (including phenoxy) is 1. The molecule has 0 saturated heterocycles. The molecule has 0 aromatic heterocycles. The van der Waals surface area contributed by atoms with Gasteiger partial charge in [0.2, 0.25) is 0 Å². The number of rotatable bonds is 10. The van der Waals surface area contributed by atoms with Crippen molar-refractivity contribution in [1.29, 1.82) is 0 Å². The molecule has 0 bridgehead atoms. The fraction of sp³-hybridized carbons (Fsp3) is 0.333. The lowest BCUT2D eigenvalue weighted by Gasteiger charge is -2.18. The van der Waals surface area contributed by atoms with Crippen LogP contribution >= 0.6 is 15.9 Å². The predicted octanol–water partition coefficient (Wildman–Crippen LogP) is 3.54. The van der Waals surface area contributed by atoms with Crippen molar-refractivity contribution in [2.75, 3.05) is 38.1 Å². The summed E-state index contributed by atoms with van der Waals surface area (Å²) < 4.78 is 6.53. The number of para-hydroxylation sites is 1. The number of nitrogens with zero attached hydrogens (tertiary/aromatic N) is 1. The molecule has 7 heteroatoms. The fourth-order valence-electron chi connectivity index (χ4n) is 2.62. The Morgan fingerprint density at radius 1 is 1.04 bits per heavy atom. The summed E-state index contributed by atoms with van der Waals surface area (Å²) in [6.45, 7) is 7.23. The zero-order valence-electron chi connectivity index (χ0n) is 16.2. The van der Waals surface area contributed by atoms with Crippen LogP contribution in [0.4, 0.5) is 5.69 Å². The van der Waals surface area contributed by atoms with Gasteiger partial charge >= 0.3 is 0 Å². The number of nitrogens with one attached hydrogen (secondary N) is 2. The second kappa shape index (κ2) is 11.5. The van der Waals surface area contributed by atoms with Crippen LogP contribution in [-0.4, -0.2) is 49.5 Å². The van der Waals surface area contributed by atoms with E-state index in [4.69, 9.17) is 4.74 Å². The highest BCUT2D eigenvalue weighted by molar-refractivity contribution is 9.10. The maximum atomic E-state index is 12.5. The van der Waals surface area contributed by atoms with E-state index in [0.29, 0.717) is 23.5 Å². The Hall–Kier alpha value is -2.38. The van der Waals surface area contributed by atoms with E-state index >= 15 is 0 Å². The molecule has 0 aliphatic rings. The number of amides is 2. The highest BCUT2D eigenvalue weighted by atomic mass is 79.9. The molecule has 0 spiro atoms. The minimum atomic E-state index is -0.293. The molecule has 28 heavy (non-hydrogen) atoms. The number of carbonyl (C=O) groups excluding carboxylic acids is 2. The van der Waals surface area contributed by atoms with Gasteiger partial charge in [-0.1, -0.05) is 41.9 Å². The first-order chi connectivity index (χ1) is 13.5. The molecule has 150 valence electrons. The van der Waals surface area contributed by atoms with Crippen LogP contribution in [0.5, 0.6) is 5.75 Å². The van der Waals surface area contributed by atoms with E-state index in [9.17, 15) is 9.59 Å². The molecular weight excluding hydrogens is 422 g/mol. The summed E-state index contributed by atoms with van der Waals surface area (Å²) in [5.74, 6) is -0.121. The number of likely N-dealkylation sites (N-methyl/N-ethyl adjacent to an activating group) is 1. The van der Waals surface area contributed by atoms with Gasteiger partial charge in [0.05, 0.1) is 5.56 Å². The van der Waals surface area contributed by atoms with E-state index in [0.717, 1.165) is 24.1 Å². The first kappa shape index (κ1) is 21.9. The van der Waals surface area contributed by atoms with Crippen molar-refractivity contribution in [1.82, 2.24) is 10.2 Å². The lowest BCUT2D eigenvalue weighted by Crippen LogP contribution is -2.35. The van der Waals surface area contributed by atoms with Gasteiger partial charge in [-0.25, -0.2) is 0 Å². The van der Waals surface area contributed by atoms with E-state index in [2.05, 4.69) is 45.3 Å². The van der Waals surface area contributed by atoms with Crippen molar-refractivity contribution in [3.63, 3.8) is 0 Å². The molecule has 0 fully saturated rings. The summed E-state index contributed by atoms with van der Waals surface area (Å²) >= 11 is 3.35. The smallest absolute Gasteiger partial charge is 0.262 e. The lowest BCUT2D eigenvalue weighted by molar-refractivity contribution is -0.118. The molecule has 2 rings (SSSR count). The SMILES string of the molecule is CCN(CC)CCNC(=O)c1ccccc1OCC(=O)Nc1ccc(Br)cc1. The second-order valence-electron chi connectivity index (χ2n) is 6.12. The summed E-state index contributed by atoms with van der Waals surface area (Å²) in [5.41, 5.74) is 1.10. The van der Waals surface area contributed by atoms with Crippen LogP contribution in [0.25, 0.3) is 0 Å². The Morgan fingerprint density at radius 2 is 1.71 bits per heavy atom. The molecule has 2 aromatic rings. The first-order valence-corrected chi connectivity index (χ1v) is 10.1. The molecule has 2 N–H and O–H groups in total. The van der Waals surface area contributed by atoms with Crippen molar-refractivity contribution in [2.45, 2.75) is 13.8 Å². The molecule has 0 saturated carbocycles.